The van der Waals surface area contributed by atoms with Gasteiger partial charge in [0.1, 0.15) is 17.1 Å². The number of hydrogen-bond donors (Lipinski definition) is 1. The highest BCUT2D eigenvalue weighted by Gasteiger charge is 2.20. The number of Topliss-reactive ketones (excluding diaryl/α,β-unsaturated/α-hetero) is 1. The molecule has 0 aliphatic carbocycles. The van der Waals surface area contributed by atoms with Crippen molar-refractivity contribution in [2.75, 3.05) is 20.8 Å². The van der Waals surface area contributed by atoms with Crippen LogP contribution in [0.25, 0.3) is 0 Å². The van der Waals surface area contributed by atoms with E-state index in [9.17, 15) is 18.0 Å². The topological polar surface area (TPSA) is 122 Å². The van der Waals surface area contributed by atoms with Crippen LogP contribution in [-0.4, -0.2) is 41.0 Å². The second-order valence-corrected chi connectivity index (χ2v) is 6.67. The molecule has 0 saturated heterocycles. The van der Waals surface area contributed by atoms with Gasteiger partial charge >= 0.3 is 5.97 Å². The monoisotopic (exact) mass is 379 g/mol. The van der Waals surface area contributed by atoms with E-state index in [-0.39, 0.29) is 21.8 Å². The van der Waals surface area contributed by atoms with Gasteiger partial charge in [0.15, 0.2) is 6.61 Å². The Labute approximate surface area is 150 Å². The molecule has 0 aliphatic rings. The van der Waals surface area contributed by atoms with Crippen molar-refractivity contribution >= 4 is 21.8 Å². The fourth-order valence-corrected chi connectivity index (χ4v) is 2.73. The van der Waals surface area contributed by atoms with Gasteiger partial charge in [0.05, 0.1) is 24.7 Å². The molecule has 138 valence electrons. The first-order valence-electron chi connectivity index (χ1n) is 7.32. The first-order valence-corrected chi connectivity index (χ1v) is 8.86. The average molecular weight is 379 g/mol. The standard InChI is InChI=1S/C17H17NO7S/c1-23-15-6-4-3-5-12(15)14(19)10-25-17(20)13-9-11(26(18,21)22)7-8-16(13)24-2/h3-9H,10H2,1-2H3,(H2,18,21,22). The molecule has 9 heteroatoms. The van der Waals surface area contributed by atoms with Gasteiger partial charge in [-0.05, 0) is 30.3 Å². The predicted octanol–water partition coefficient (Wildman–Crippen LogP) is 1.39. The molecule has 0 radical (unpaired) electrons. The van der Waals surface area contributed by atoms with Crippen LogP contribution < -0.4 is 14.6 Å². The first-order chi connectivity index (χ1) is 12.3. The van der Waals surface area contributed by atoms with E-state index in [1.807, 2.05) is 0 Å². The number of para-hydroxylation sites is 1. The molecule has 2 rings (SSSR count). The number of methoxy groups -OCH3 is 2. The lowest BCUT2D eigenvalue weighted by Gasteiger charge is -2.11. The predicted molar refractivity (Wildman–Crippen MR) is 92.0 cm³/mol. The summed E-state index contributed by atoms with van der Waals surface area (Å²) in [5.41, 5.74) is 0.0971. The summed E-state index contributed by atoms with van der Waals surface area (Å²) in [5, 5.41) is 5.06. The zero-order valence-electron chi connectivity index (χ0n) is 14.1. The molecule has 0 aliphatic heterocycles. The van der Waals surface area contributed by atoms with Gasteiger partial charge in [-0.25, -0.2) is 18.4 Å². The number of carbonyl (C=O) groups is 2. The van der Waals surface area contributed by atoms with E-state index in [0.717, 1.165) is 6.07 Å². The average Bonchev–Trinajstić information content (AvgIpc) is 2.64. The number of carbonyl (C=O) groups excluding carboxylic acids is 2. The third-order valence-electron chi connectivity index (χ3n) is 3.46. The van der Waals surface area contributed by atoms with Gasteiger partial charge in [0, 0.05) is 0 Å². The van der Waals surface area contributed by atoms with E-state index in [4.69, 9.17) is 19.3 Å². The summed E-state index contributed by atoms with van der Waals surface area (Å²) in [7, 11) is -1.29. The smallest absolute Gasteiger partial charge is 0.342 e. The van der Waals surface area contributed by atoms with Crippen LogP contribution in [0, 0.1) is 0 Å². The molecule has 0 spiro atoms. The van der Waals surface area contributed by atoms with Gasteiger partial charge in [-0.3, -0.25) is 4.79 Å². The van der Waals surface area contributed by atoms with Gasteiger partial charge in [-0.1, -0.05) is 12.1 Å². The van der Waals surface area contributed by atoms with Crippen LogP contribution in [0.1, 0.15) is 20.7 Å². The van der Waals surface area contributed by atoms with Crippen molar-refractivity contribution in [2.45, 2.75) is 4.90 Å². The van der Waals surface area contributed by atoms with Gasteiger partial charge in [-0.2, -0.15) is 0 Å². The highest BCUT2D eigenvalue weighted by atomic mass is 32.2. The molecule has 2 aromatic rings. The Morgan fingerprint density at radius 2 is 1.58 bits per heavy atom. The van der Waals surface area contributed by atoms with Crippen LogP contribution in [0.4, 0.5) is 0 Å². The van der Waals surface area contributed by atoms with Gasteiger partial charge in [-0.15, -0.1) is 0 Å². The van der Waals surface area contributed by atoms with Crippen molar-refractivity contribution < 1.29 is 32.2 Å². The van der Waals surface area contributed by atoms with Crippen LogP contribution in [-0.2, 0) is 14.8 Å². The first kappa shape index (κ1) is 19.4. The Hall–Kier alpha value is -2.91. The Kier molecular flexibility index (Phi) is 5.96. The molecule has 26 heavy (non-hydrogen) atoms. The minimum atomic E-state index is -4.01. The number of benzene rings is 2. The molecule has 2 aromatic carbocycles. The molecule has 0 unspecified atom stereocenters. The number of ketones is 1. The summed E-state index contributed by atoms with van der Waals surface area (Å²) in [4.78, 5) is 24.2. The van der Waals surface area contributed by atoms with E-state index in [1.165, 1.54) is 32.4 Å². The van der Waals surface area contributed by atoms with Gasteiger partial charge < -0.3 is 14.2 Å². The lowest BCUT2D eigenvalue weighted by molar-refractivity contribution is 0.0470. The molecule has 0 atom stereocenters. The molecular weight excluding hydrogens is 362 g/mol. The maximum absolute atomic E-state index is 12.3. The number of sulfonamides is 1. The summed E-state index contributed by atoms with van der Waals surface area (Å²) in [6, 6.07) is 10.00. The summed E-state index contributed by atoms with van der Waals surface area (Å²) in [5.74, 6) is -0.956. The maximum Gasteiger partial charge on any atom is 0.342 e. The van der Waals surface area contributed by atoms with E-state index >= 15 is 0 Å². The number of primary sulfonamides is 1. The lowest BCUT2D eigenvalue weighted by atomic mass is 10.1. The largest absolute Gasteiger partial charge is 0.496 e. The molecule has 0 saturated carbocycles. The van der Waals surface area contributed by atoms with Crippen LogP contribution in [0.3, 0.4) is 0 Å². The normalized spacial score (nSPS) is 10.9. The number of esters is 1. The molecule has 0 fully saturated rings. The highest BCUT2D eigenvalue weighted by Crippen LogP contribution is 2.23. The Morgan fingerprint density at radius 3 is 2.19 bits per heavy atom. The maximum atomic E-state index is 12.3. The van der Waals surface area contributed by atoms with E-state index < -0.39 is 28.4 Å². The SMILES string of the molecule is COc1ccccc1C(=O)COC(=O)c1cc(S(N)(=O)=O)ccc1OC. The molecule has 0 heterocycles. The second kappa shape index (κ2) is 7.98. The zero-order valence-corrected chi connectivity index (χ0v) is 14.9. The number of rotatable bonds is 7. The third-order valence-corrected chi connectivity index (χ3v) is 4.37. The van der Waals surface area contributed by atoms with Crippen LogP contribution >= 0.6 is 0 Å². The summed E-state index contributed by atoms with van der Waals surface area (Å²) in [6.45, 7) is -0.554. The summed E-state index contributed by atoms with van der Waals surface area (Å²) in [6.07, 6.45) is 0. The minimum absolute atomic E-state index is 0.0899. The second-order valence-electron chi connectivity index (χ2n) is 5.11. The van der Waals surface area contributed by atoms with Gasteiger partial charge in [0.25, 0.3) is 0 Å². The highest BCUT2D eigenvalue weighted by molar-refractivity contribution is 7.89. The van der Waals surface area contributed by atoms with E-state index in [0.29, 0.717) is 5.75 Å². The Balaban J connectivity index is 2.21. The Bertz CT molecular complexity index is 938. The summed E-state index contributed by atoms with van der Waals surface area (Å²) < 4.78 is 38.0. The lowest BCUT2D eigenvalue weighted by Crippen LogP contribution is -2.17. The van der Waals surface area contributed by atoms with Crippen molar-refractivity contribution in [3.05, 3.63) is 53.6 Å². The van der Waals surface area contributed by atoms with Crippen molar-refractivity contribution in [1.29, 1.82) is 0 Å². The number of hydrogen-bond acceptors (Lipinski definition) is 7. The molecule has 0 bridgehead atoms. The van der Waals surface area contributed by atoms with Crippen LogP contribution in [0.15, 0.2) is 47.4 Å². The summed E-state index contributed by atoms with van der Waals surface area (Å²) >= 11 is 0. The van der Waals surface area contributed by atoms with Crippen LogP contribution in [0.5, 0.6) is 11.5 Å². The van der Waals surface area contributed by atoms with Crippen molar-refractivity contribution in [1.82, 2.24) is 0 Å². The Morgan fingerprint density at radius 1 is 0.962 bits per heavy atom. The quantitative estimate of drug-likeness (QED) is 0.570. The minimum Gasteiger partial charge on any atom is -0.496 e. The van der Waals surface area contributed by atoms with Crippen LogP contribution in [0.2, 0.25) is 0 Å². The molecule has 2 N–H and O–H groups in total. The molecule has 8 nitrogen and oxygen atoms in total. The third kappa shape index (κ3) is 4.38. The van der Waals surface area contributed by atoms with Gasteiger partial charge in [0.2, 0.25) is 15.8 Å². The number of nitrogens with two attached hydrogens (primary N) is 1. The van der Waals surface area contributed by atoms with Crippen molar-refractivity contribution in [3.63, 3.8) is 0 Å². The van der Waals surface area contributed by atoms with Crippen molar-refractivity contribution in [2.24, 2.45) is 5.14 Å². The molecule has 0 amide bonds. The van der Waals surface area contributed by atoms with E-state index in [1.54, 1.807) is 18.2 Å². The molecular formula is C17H17NO7S. The van der Waals surface area contributed by atoms with E-state index in [2.05, 4.69) is 0 Å². The zero-order chi connectivity index (χ0) is 19.3. The number of ether oxygens (including phenoxy) is 3. The fraction of sp³-hybridized carbons (Fsp3) is 0.176. The fourth-order valence-electron chi connectivity index (χ4n) is 2.19. The van der Waals surface area contributed by atoms with Crippen molar-refractivity contribution in [3.8, 4) is 11.5 Å². The molecule has 0 aromatic heterocycles.